The molecule has 0 saturated heterocycles. The summed E-state index contributed by atoms with van der Waals surface area (Å²) in [7, 11) is 1.58. The van der Waals surface area contributed by atoms with Crippen LogP contribution in [-0.4, -0.2) is 35.7 Å². The summed E-state index contributed by atoms with van der Waals surface area (Å²) in [6, 6.07) is 0. The van der Waals surface area contributed by atoms with Gasteiger partial charge in [0.1, 0.15) is 0 Å². The SMILES string of the molecule is CCCn1c(C)cn2c3c(=O)n(CCC(=O)OCC)c(=O)n(C)c3nc12. The van der Waals surface area contributed by atoms with Crippen molar-refractivity contribution in [2.45, 2.75) is 46.7 Å². The van der Waals surface area contributed by atoms with Gasteiger partial charge in [-0.2, -0.15) is 4.98 Å². The molecule has 3 aromatic rings. The van der Waals surface area contributed by atoms with Gasteiger partial charge in [0.15, 0.2) is 11.2 Å². The van der Waals surface area contributed by atoms with Crippen LogP contribution in [-0.2, 0) is 29.7 Å². The summed E-state index contributed by atoms with van der Waals surface area (Å²) in [5.74, 6) is 0.194. The largest absolute Gasteiger partial charge is 0.466 e. The zero-order chi connectivity index (χ0) is 19.0. The molecule has 3 aromatic heterocycles. The number of fused-ring (bicyclic) bond motifs is 3. The van der Waals surface area contributed by atoms with Crippen LogP contribution in [0.2, 0.25) is 0 Å². The smallest absolute Gasteiger partial charge is 0.332 e. The van der Waals surface area contributed by atoms with Gasteiger partial charge in [-0.05, 0) is 20.3 Å². The first kappa shape index (κ1) is 18.0. The van der Waals surface area contributed by atoms with Crippen molar-refractivity contribution in [2.75, 3.05) is 6.61 Å². The number of aryl methyl sites for hydroxylation is 3. The molecule has 0 bridgehead atoms. The monoisotopic (exact) mass is 361 g/mol. The Morgan fingerprint density at radius 3 is 2.58 bits per heavy atom. The number of rotatable bonds is 6. The van der Waals surface area contributed by atoms with Gasteiger partial charge in [-0.15, -0.1) is 0 Å². The van der Waals surface area contributed by atoms with E-state index in [1.54, 1.807) is 18.4 Å². The van der Waals surface area contributed by atoms with Crippen LogP contribution in [0.25, 0.3) is 16.9 Å². The van der Waals surface area contributed by atoms with Crippen molar-refractivity contribution in [2.24, 2.45) is 7.05 Å². The minimum absolute atomic E-state index is 0.0256. The molecule has 0 spiro atoms. The molecule has 0 saturated carbocycles. The highest BCUT2D eigenvalue weighted by Gasteiger charge is 2.20. The fourth-order valence-electron chi connectivity index (χ4n) is 3.19. The molecule has 140 valence electrons. The van der Waals surface area contributed by atoms with Crippen molar-refractivity contribution in [3.8, 4) is 0 Å². The van der Waals surface area contributed by atoms with E-state index in [9.17, 15) is 14.4 Å². The Bertz CT molecular complexity index is 1100. The van der Waals surface area contributed by atoms with Crippen LogP contribution in [0.1, 0.15) is 32.4 Å². The number of ether oxygens (including phenoxy) is 1. The number of nitrogens with zero attached hydrogens (tertiary/aromatic N) is 5. The molecule has 0 aliphatic rings. The van der Waals surface area contributed by atoms with E-state index in [2.05, 4.69) is 11.9 Å². The molecule has 0 aliphatic carbocycles. The molecule has 0 atom stereocenters. The maximum absolute atomic E-state index is 13.0. The van der Waals surface area contributed by atoms with E-state index in [1.807, 2.05) is 17.7 Å². The van der Waals surface area contributed by atoms with Crippen molar-refractivity contribution < 1.29 is 9.53 Å². The first-order valence-corrected chi connectivity index (χ1v) is 8.74. The summed E-state index contributed by atoms with van der Waals surface area (Å²) >= 11 is 0. The van der Waals surface area contributed by atoms with Gasteiger partial charge >= 0.3 is 11.7 Å². The fourth-order valence-corrected chi connectivity index (χ4v) is 3.19. The van der Waals surface area contributed by atoms with Gasteiger partial charge in [0.2, 0.25) is 5.78 Å². The van der Waals surface area contributed by atoms with Crippen LogP contribution in [0.3, 0.4) is 0 Å². The third-order valence-corrected chi connectivity index (χ3v) is 4.43. The highest BCUT2D eigenvalue weighted by atomic mass is 16.5. The average Bonchev–Trinajstić information content (AvgIpc) is 3.10. The minimum Gasteiger partial charge on any atom is -0.466 e. The van der Waals surface area contributed by atoms with Crippen molar-refractivity contribution >= 4 is 22.9 Å². The Kier molecular flexibility index (Phi) is 4.71. The van der Waals surface area contributed by atoms with Crippen LogP contribution < -0.4 is 11.2 Å². The predicted molar refractivity (Wildman–Crippen MR) is 96.5 cm³/mol. The summed E-state index contributed by atoms with van der Waals surface area (Å²) in [6.45, 7) is 6.74. The molecule has 0 unspecified atom stereocenters. The average molecular weight is 361 g/mol. The fraction of sp³-hybridized carbons (Fsp3) is 0.529. The van der Waals surface area contributed by atoms with Crippen LogP contribution in [0, 0.1) is 6.92 Å². The maximum Gasteiger partial charge on any atom is 0.332 e. The van der Waals surface area contributed by atoms with E-state index in [-0.39, 0.29) is 19.6 Å². The van der Waals surface area contributed by atoms with Gasteiger partial charge in [-0.25, -0.2) is 4.79 Å². The second kappa shape index (κ2) is 6.81. The Balaban J connectivity index is 2.21. The molecule has 0 radical (unpaired) electrons. The Morgan fingerprint density at radius 1 is 1.19 bits per heavy atom. The van der Waals surface area contributed by atoms with E-state index in [0.717, 1.165) is 23.2 Å². The van der Waals surface area contributed by atoms with E-state index in [0.29, 0.717) is 16.9 Å². The first-order valence-electron chi connectivity index (χ1n) is 8.74. The van der Waals surface area contributed by atoms with E-state index in [4.69, 9.17) is 4.74 Å². The molecule has 9 nitrogen and oxygen atoms in total. The van der Waals surface area contributed by atoms with E-state index >= 15 is 0 Å². The summed E-state index contributed by atoms with van der Waals surface area (Å²) in [5.41, 5.74) is 0.721. The Morgan fingerprint density at radius 2 is 1.92 bits per heavy atom. The van der Waals surface area contributed by atoms with Gasteiger partial charge < -0.3 is 9.30 Å². The molecule has 9 heteroatoms. The number of carbonyl (C=O) groups excluding carboxylic acids is 1. The number of hydrogen-bond donors (Lipinski definition) is 0. The molecule has 3 rings (SSSR count). The molecule has 0 aliphatic heterocycles. The lowest BCUT2D eigenvalue weighted by atomic mass is 10.4. The molecular formula is C17H23N5O4. The number of esters is 1. The van der Waals surface area contributed by atoms with Crippen LogP contribution in [0.15, 0.2) is 15.8 Å². The van der Waals surface area contributed by atoms with E-state index in [1.165, 1.54) is 4.57 Å². The molecule has 0 aromatic carbocycles. The molecule has 0 N–H and O–H groups in total. The third kappa shape index (κ3) is 2.73. The Hall–Kier alpha value is -2.84. The second-order valence-corrected chi connectivity index (χ2v) is 6.23. The van der Waals surface area contributed by atoms with Gasteiger partial charge in [-0.1, -0.05) is 6.92 Å². The van der Waals surface area contributed by atoms with Crippen molar-refractivity contribution in [3.05, 3.63) is 32.7 Å². The summed E-state index contributed by atoms with van der Waals surface area (Å²) in [4.78, 5) is 41.6. The van der Waals surface area contributed by atoms with Gasteiger partial charge in [0.25, 0.3) is 5.56 Å². The lowest BCUT2D eigenvalue weighted by Gasteiger charge is -2.07. The molecule has 3 heterocycles. The second-order valence-electron chi connectivity index (χ2n) is 6.23. The summed E-state index contributed by atoms with van der Waals surface area (Å²) in [6.07, 6.45) is 2.74. The van der Waals surface area contributed by atoms with Gasteiger partial charge in [0.05, 0.1) is 13.0 Å². The first-order chi connectivity index (χ1) is 12.4. The van der Waals surface area contributed by atoms with Crippen LogP contribution in [0.5, 0.6) is 0 Å². The quantitative estimate of drug-likeness (QED) is 0.606. The van der Waals surface area contributed by atoms with Gasteiger partial charge in [0, 0.05) is 32.0 Å². The lowest BCUT2D eigenvalue weighted by molar-refractivity contribution is -0.143. The number of carbonyl (C=O) groups is 1. The standard InChI is InChI=1S/C17H23N5O4/c1-5-8-20-11(3)10-22-13-14(18-16(20)22)19(4)17(25)21(15(13)24)9-7-12(23)26-6-2/h10H,5-9H2,1-4H3. The van der Waals surface area contributed by atoms with Crippen molar-refractivity contribution in [1.82, 2.24) is 23.1 Å². The minimum atomic E-state index is -0.494. The topological polar surface area (TPSA) is 92.5 Å². The van der Waals surface area contributed by atoms with Gasteiger partial charge in [-0.3, -0.25) is 23.1 Å². The lowest BCUT2D eigenvalue weighted by Crippen LogP contribution is -2.39. The molecule has 0 fully saturated rings. The van der Waals surface area contributed by atoms with Crippen LogP contribution in [0.4, 0.5) is 0 Å². The maximum atomic E-state index is 13.0. The summed E-state index contributed by atoms with van der Waals surface area (Å²) in [5, 5.41) is 0. The zero-order valence-corrected chi connectivity index (χ0v) is 15.5. The highest BCUT2D eigenvalue weighted by Crippen LogP contribution is 2.16. The number of imidazole rings is 2. The molecule has 0 amide bonds. The predicted octanol–water partition coefficient (Wildman–Crippen LogP) is 0.821. The number of hydrogen-bond acceptors (Lipinski definition) is 5. The number of aromatic nitrogens is 5. The highest BCUT2D eigenvalue weighted by molar-refractivity contribution is 5.75. The Labute approximate surface area is 149 Å². The molecular weight excluding hydrogens is 338 g/mol. The summed E-state index contributed by atoms with van der Waals surface area (Å²) < 4.78 is 11.0. The van der Waals surface area contributed by atoms with Crippen LogP contribution >= 0.6 is 0 Å². The normalized spacial score (nSPS) is 11.5. The molecule has 26 heavy (non-hydrogen) atoms. The van der Waals surface area contributed by atoms with E-state index < -0.39 is 17.2 Å². The van der Waals surface area contributed by atoms with Crippen molar-refractivity contribution in [1.29, 1.82) is 0 Å². The van der Waals surface area contributed by atoms with Crippen molar-refractivity contribution in [3.63, 3.8) is 0 Å². The zero-order valence-electron chi connectivity index (χ0n) is 15.5. The third-order valence-electron chi connectivity index (χ3n) is 4.43.